The first kappa shape index (κ1) is 14.6. The number of esters is 1. The van der Waals surface area contributed by atoms with Crippen LogP contribution >= 0.6 is 0 Å². The average molecular weight is 279 g/mol. The molecule has 0 aliphatic heterocycles. The van der Waals surface area contributed by atoms with E-state index in [2.05, 4.69) is 10.3 Å². The predicted octanol–water partition coefficient (Wildman–Crippen LogP) is 0.748. The van der Waals surface area contributed by atoms with Gasteiger partial charge in [0.2, 0.25) is 5.91 Å². The van der Waals surface area contributed by atoms with E-state index in [1.807, 2.05) is 11.5 Å². The van der Waals surface area contributed by atoms with E-state index in [-0.39, 0.29) is 5.91 Å². The summed E-state index contributed by atoms with van der Waals surface area (Å²) in [5, 5.41) is 2.64. The van der Waals surface area contributed by atoms with Gasteiger partial charge in [0.25, 0.3) is 0 Å². The molecule has 20 heavy (non-hydrogen) atoms. The standard InChI is InChI=1S/C14H21N3O3/c1-9-15-11-6-4-5-7-13(11)17(9)8-12(14(19)20-3)16-10(2)18/h12H,4-8H2,1-3H3,(H,16,18). The molecule has 1 aromatic heterocycles. The fraction of sp³-hybridized carbons (Fsp3) is 0.643. The first-order chi connectivity index (χ1) is 9.52. The molecule has 1 aliphatic carbocycles. The number of ether oxygens (including phenoxy) is 1. The van der Waals surface area contributed by atoms with Crippen molar-refractivity contribution < 1.29 is 14.3 Å². The molecule has 110 valence electrons. The molecular formula is C14H21N3O3. The maximum absolute atomic E-state index is 11.8. The Balaban J connectivity index is 2.24. The molecule has 0 radical (unpaired) electrons. The van der Waals surface area contributed by atoms with Crippen molar-refractivity contribution in [3.05, 3.63) is 17.2 Å². The highest BCUT2D eigenvalue weighted by Crippen LogP contribution is 2.22. The van der Waals surface area contributed by atoms with Gasteiger partial charge >= 0.3 is 5.97 Å². The van der Waals surface area contributed by atoms with E-state index in [0.29, 0.717) is 6.54 Å². The van der Waals surface area contributed by atoms with Crippen molar-refractivity contribution in [2.45, 2.75) is 52.1 Å². The summed E-state index contributed by atoms with van der Waals surface area (Å²) in [6.07, 6.45) is 4.27. The summed E-state index contributed by atoms with van der Waals surface area (Å²) in [5.74, 6) is 0.209. The lowest BCUT2D eigenvalue weighted by molar-refractivity contribution is -0.145. The van der Waals surface area contributed by atoms with Crippen molar-refractivity contribution in [2.24, 2.45) is 0 Å². The van der Waals surface area contributed by atoms with Crippen molar-refractivity contribution in [3.63, 3.8) is 0 Å². The molecule has 0 spiro atoms. The fourth-order valence-electron chi connectivity index (χ4n) is 2.73. The molecular weight excluding hydrogens is 258 g/mol. The Bertz CT molecular complexity index is 522. The Hall–Kier alpha value is -1.85. The first-order valence-electron chi connectivity index (χ1n) is 6.92. The largest absolute Gasteiger partial charge is 0.467 e. The third-order valence-electron chi connectivity index (χ3n) is 3.65. The van der Waals surface area contributed by atoms with E-state index >= 15 is 0 Å². The van der Waals surface area contributed by atoms with Crippen molar-refractivity contribution in [1.82, 2.24) is 14.9 Å². The van der Waals surface area contributed by atoms with E-state index in [1.165, 1.54) is 19.7 Å². The minimum Gasteiger partial charge on any atom is -0.467 e. The summed E-state index contributed by atoms with van der Waals surface area (Å²) in [5.41, 5.74) is 2.31. The summed E-state index contributed by atoms with van der Waals surface area (Å²) < 4.78 is 6.79. The number of carbonyl (C=O) groups is 2. The van der Waals surface area contributed by atoms with Gasteiger partial charge in [0.15, 0.2) is 0 Å². The van der Waals surface area contributed by atoms with Crippen LogP contribution in [-0.2, 0) is 33.7 Å². The molecule has 0 saturated carbocycles. The van der Waals surface area contributed by atoms with Crippen LogP contribution in [0.1, 0.15) is 37.0 Å². The van der Waals surface area contributed by atoms with Gasteiger partial charge in [-0.3, -0.25) is 4.79 Å². The molecule has 1 atom stereocenters. The molecule has 0 aromatic carbocycles. The SMILES string of the molecule is COC(=O)C(Cn1c(C)nc2c1CCCC2)NC(C)=O. The highest BCUT2D eigenvalue weighted by Gasteiger charge is 2.25. The fourth-order valence-corrected chi connectivity index (χ4v) is 2.73. The van der Waals surface area contributed by atoms with E-state index in [1.54, 1.807) is 0 Å². The van der Waals surface area contributed by atoms with Crippen LogP contribution in [0.25, 0.3) is 0 Å². The number of methoxy groups -OCH3 is 1. The van der Waals surface area contributed by atoms with Crippen LogP contribution in [0, 0.1) is 6.92 Å². The van der Waals surface area contributed by atoms with Gasteiger partial charge in [0.1, 0.15) is 11.9 Å². The average Bonchev–Trinajstić information content (AvgIpc) is 2.73. The second kappa shape index (κ2) is 6.07. The second-order valence-electron chi connectivity index (χ2n) is 5.15. The third kappa shape index (κ3) is 3.00. The molecule has 6 heteroatoms. The molecule has 0 saturated heterocycles. The quantitative estimate of drug-likeness (QED) is 0.825. The van der Waals surface area contributed by atoms with Gasteiger partial charge in [-0.15, -0.1) is 0 Å². The number of fused-ring (bicyclic) bond motifs is 1. The number of amides is 1. The summed E-state index contributed by atoms with van der Waals surface area (Å²) in [7, 11) is 1.33. The van der Waals surface area contributed by atoms with E-state index in [9.17, 15) is 9.59 Å². The molecule has 2 rings (SSSR count). The first-order valence-corrected chi connectivity index (χ1v) is 6.92. The van der Waals surface area contributed by atoms with Crippen LogP contribution in [0.15, 0.2) is 0 Å². The smallest absolute Gasteiger partial charge is 0.330 e. The number of imidazole rings is 1. The van der Waals surface area contributed by atoms with Crippen LogP contribution in [0.2, 0.25) is 0 Å². The maximum Gasteiger partial charge on any atom is 0.330 e. The van der Waals surface area contributed by atoms with Crippen LogP contribution in [-0.4, -0.2) is 34.6 Å². The highest BCUT2D eigenvalue weighted by molar-refractivity contribution is 5.83. The Morgan fingerprint density at radius 1 is 1.40 bits per heavy atom. The summed E-state index contributed by atoms with van der Waals surface area (Å²) >= 11 is 0. The second-order valence-corrected chi connectivity index (χ2v) is 5.15. The zero-order valence-electron chi connectivity index (χ0n) is 12.2. The lowest BCUT2D eigenvalue weighted by atomic mass is 10.0. The van der Waals surface area contributed by atoms with Gasteiger partial charge in [-0.1, -0.05) is 0 Å². The Morgan fingerprint density at radius 2 is 2.10 bits per heavy atom. The minimum atomic E-state index is -0.670. The van der Waals surface area contributed by atoms with Gasteiger partial charge in [0, 0.05) is 12.6 Å². The lowest BCUT2D eigenvalue weighted by Crippen LogP contribution is -2.43. The van der Waals surface area contributed by atoms with Gasteiger partial charge in [0.05, 0.1) is 19.3 Å². The monoisotopic (exact) mass is 279 g/mol. The Labute approximate surface area is 118 Å². The van der Waals surface area contributed by atoms with Gasteiger partial charge in [-0.2, -0.15) is 0 Å². The maximum atomic E-state index is 11.8. The number of nitrogens with zero attached hydrogens (tertiary/aromatic N) is 2. The summed E-state index contributed by atoms with van der Waals surface area (Å²) in [6.45, 7) is 3.70. The van der Waals surface area contributed by atoms with E-state index in [0.717, 1.165) is 37.2 Å². The Kier molecular flexibility index (Phi) is 4.42. The summed E-state index contributed by atoms with van der Waals surface area (Å²) in [4.78, 5) is 27.6. The van der Waals surface area contributed by atoms with Crippen LogP contribution in [0.3, 0.4) is 0 Å². The number of hydrogen-bond acceptors (Lipinski definition) is 4. The summed E-state index contributed by atoms with van der Waals surface area (Å²) in [6, 6.07) is -0.670. The van der Waals surface area contributed by atoms with Crippen molar-refractivity contribution >= 4 is 11.9 Å². The number of hydrogen-bond donors (Lipinski definition) is 1. The third-order valence-corrected chi connectivity index (χ3v) is 3.65. The normalized spacial score (nSPS) is 15.3. The molecule has 1 aromatic rings. The van der Waals surface area contributed by atoms with Crippen molar-refractivity contribution in [2.75, 3.05) is 7.11 Å². The van der Waals surface area contributed by atoms with E-state index in [4.69, 9.17) is 4.74 Å². The van der Waals surface area contributed by atoms with Gasteiger partial charge < -0.3 is 14.6 Å². The topological polar surface area (TPSA) is 73.2 Å². The van der Waals surface area contributed by atoms with E-state index < -0.39 is 12.0 Å². The van der Waals surface area contributed by atoms with Crippen molar-refractivity contribution in [3.8, 4) is 0 Å². The highest BCUT2D eigenvalue weighted by atomic mass is 16.5. The number of aryl methyl sites for hydroxylation is 2. The molecule has 1 amide bonds. The molecule has 1 unspecified atom stereocenters. The number of nitrogens with one attached hydrogen (secondary N) is 1. The molecule has 0 bridgehead atoms. The van der Waals surface area contributed by atoms with Crippen LogP contribution in [0.5, 0.6) is 0 Å². The number of rotatable bonds is 4. The van der Waals surface area contributed by atoms with Crippen LogP contribution in [0.4, 0.5) is 0 Å². The zero-order valence-corrected chi connectivity index (χ0v) is 12.2. The Morgan fingerprint density at radius 3 is 2.75 bits per heavy atom. The number of aromatic nitrogens is 2. The van der Waals surface area contributed by atoms with Gasteiger partial charge in [-0.05, 0) is 32.6 Å². The van der Waals surface area contributed by atoms with Crippen LogP contribution < -0.4 is 5.32 Å². The minimum absolute atomic E-state index is 0.243. The van der Waals surface area contributed by atoms with Gasteiger partial charge in [-0.25, -0.2) is 9.78 Å². The predicted molar refractivity (Wildman–Crippen MR) is 73.2 cm³/mol. The zero-order chi connectivity index (χ0) is 14.7. The molecule has 6 nitrogen and oxygen atoms in total. The lowest BCUT2D eigenvalue weighted by Gasteiger charge is -2.20. The molecule has 1 aliphatic rings. The molecule has 1 heterocycles. The van der Waals surface area contributed by atoms with Crippen molar-refractivity contribution in [1.29, 1.82) is 0 Å². The molecule has 1 N–H and O–H groups in total. The molecule has 0 fully saturated rings. The number of carbonyl (C=O) groups excluding carboxylic acids is 2.